The lowest BCUT2D eigenvalue weighted by Crippen LogP contribution is -2.05. The van der Waals surface area contributed by atoms with Gasteiger partial charge in [0.1, 0.15) is 5.75 Å². The summed E-state index contributed by atoms with van der Waals surface area (Å²) < 4.78 is 22.3. The van der Waals surface area contributed by atoms with Gasteiger partial charge in [0.2, 0.25) is 0 Å². The summed E-state index contributed by atoms with van der Waals surface area (Å²) in [5.41, 5.74) is 4.61. The molecule has 2 aromatic carbocycles. The van der Waals surface area contributed by atoms with Crippen molar-refractivity contribution in [1.82, 2.24) is 4.98 Å². The predicted molar refractivity (Wildman–Crippen MR) is 123 cm³/mol. The highest BCUT2D eigenvalue weighted by molar-refractivity contribution is 7.93. The fourth-order valence-electron chi connectivity index (χ4n) is 3.08. The Morgan fingerprint density at radius 2 is 1.71 bits per heavy atom. The molecule has 0 aliphatic heterocycles. The monoisotopic (exact) mass is 432 g/mol. The van der Waals surface area contributed by atoms with E-state index in [2.05, 4.69) is 21.2 Å². The number of methoxy groups -OCH3 is 1. The van der Waals surface area contributed by atoms with Crippen LogP contribution in [0.15, 0.2) is 64.1 Å². The van der Waals surface area contributed by atoms with Crippen LogP contribution in [0, 0.1) is 32.6 Å². The van der Waals surface area contributed by atoms with E-state index in [1.54, 1.807) is 31.5 Å². The van der Waals surface area contributed by atoms with E-state index < -0.39 is 15.6 Å². The van der Waals surface area contributed by atoms with Crippen molar-refractivity contribution in [2.75, 3.05) is 13.4 Å². The van der Waals surface area contributed by atoms with Gasteiger partial charge >= 0.3 is 0 Å². The molecule has 5 nitrogen and oxygen atoms in total. The van der Waals surface area contributed by atoms with Crippen LogP contribution in [0.1, 0.15) is 38.2 Å². The topological polar surface area (TPSA) is 68.6 Å². The average Bonchev–Trinajstić information content (AvgIpc) is 2.72. The molecule has 3 rings (SSSR count). The quantitative estimate of drug-likeness (QED) is 0.562. The van der Waals surface area contributed by atoms with E-state index in [1.807, 2.05) is 45.0 Å². The number of carbonyl (C=O) groups is 1. The van der Waals surface area contributed by atoms with Crippen molar-refractivity contribution in [3.8, 4) is 17.6 Å². The molecule has 0 aliphatic rings. The highest BCUT2D eigenvalue weighted by atomic mass is 32.2. The van der Waals surface area contributed by atoms with E-state index in [0.29, 0.717) is 10.5 Å². The van der Waals surface area contributed by atoms with Gasteiger partial charge in [-0.3, -0.25) is 9.78 Å². The van der Waals surface area contributed by atoms with Gasteiger partial charge in [-0.05, 0) is 73.9 Å². The summed E-state index contributed by atoms with van der Waals surface area (Å²) in [5.74, 6) is 6.30. The molecule has 0 N–H and O–H groups in total. The number of carbonyl (C=O) groups excluding carboxylic acids is 1. The number of aromatic nitrogens is 1. The molecule has 6 heteroatoms. The highest BCUT2D eigenvalue weighted by Crippen LogP contribution is 2.18. The lowest BCUT2D eigenvalue weighted by atomic mass is 10.1. The predicted octanol–water partition coefficient (Wildman–Crippen LogP) is 4.71. The third-order valence-corrected chi connectivity index (χ3v) is 6.27. The fourth-order valence-corrected chi connectivity index (χ4v) is 4.42. The van der Waals surface area contributed by atoms with Crippen molar-refractivity contribution < 1.29 is 13.7 Å². The number of ether oxygens (including phenoxy) is 1. The molecule has 0 bridgehead atoms. The van der Waals surface area contributed by atoms with Crippen LogP contribution in [0.25, 0.3) is 0 Å². The first-order chi connectivity index (χ1) is 14.7. The van der Waals surface area contributed by atoms with E-state index in [1.165, 1.54) is 12.5 Å². The Balaban J connectivity index is 1.90. The van der Waals surface area contributed by atoms with Crippen LogP contribution in [-0.4, -0.2) is 28.5 Å². The van der Waals surface area contributed by atoms with Gasteiger partial charge in [0.05, 0.1) is 22.4 Å². The maximum Gasteiger partial charge on any atom is 0.286 e. The van der Waals surface area contributed by atoms with Crippen LogP contribution in [0.5, 0.6) is 5.75 Å². The first kappa shape index (κ1) is 22.3. The van der Waals surface area contributed by atoms with E-state index in [-0.39, 0.29) is 5.56 Å². The molecule has 1 atom stereocenters. The third-order valence-electron chi connectivity index (χ3n) is 4.65. The van der Waals surface area contributed by atoms with Gasteiger partial charge in [-0.15, -0.1) is 0 Å². The van der Waals surface area contributed by atoms with Crippen LogP contribution < -0.4 is 4.74 Å². The summed E-state index contributed by atoms with van der Waals surface area (Å²) in [5, 5.41) is 0. The van der Waals surface area contributed by atoms with E-state index in [0.717, 1.165) is 28.0 Å². The number of aryl methyl sites for hydroxylation is 3. The molecule has 1 heterocycles. The zero-order valence-electron chi connectivity index (χ0n) is 18.2. The van der Waals surface area contributed by atoms with Crippen molar-refractivity contribution >= 4 is 15.6 Å². The summed E-state index contributed by atoms with van der Waals surface area (Å²) in [6.45, 7) is 5.79. The second kappa shape index (κ2) is 9.15. The van der Waals surface area contributed by atoms with Crippen LogP contribution >= 0.6 is 0 Å². The van der Waals surface area contributed by atoms with Crippen molar-refractivity contribution in [2.24, 2.45) is 4.36 Å². The van der Waals surface area contributed by atoms with Gasteiger partial charge in [0.15, 0.2) is 0 Å². The molecular weight excluding hydrogens is 408 g/mol. The fraction of sp³-hybridized carbons (Fsp3) is 0.200. The Morgan fingerprint density at radius 3 is 2.35 bits per heavy atom. The van der Waals surface area contributed by atoms with E-state index in [4.69, 9.17) is 4.74 Å². The molecule has 0 spiro atoms. The van der Waals surface area contributed by atoms with Crippen molar-refractivity contribution in [3.63, 3.8) is 0 Å². The van der Waals surface area contributed by atoms with E-state index in [9.17, 15) is 9.00 Å². The zero-order chi connectivity index (χ0) is 22.6. The highest BCUT2D eigenvalue weighted by Gasteiger charge is 2.13. The Hall–Kier alpha value is -3.43. The number of hydrogen-bond acceptors (Lipinski definition) is 4. The standard InChI is InChI=1S/C25H24N2O3S/c1-17-10-18(2)12-24(11-17)31(5,29)27-25(28)22-14-20(15-26-16-22)6-7-21-8-9-23(30-4)13-19(21)3/h8-16H,1-5H3. The number of nitrogens with zero attached hydrogens (tertiary/aromatic N) is 2. The van der Waals surface area contributed by atoms with Gasteiger partial charge in [0.25, 0.3) is 5.91 Å². The van der Waals surface area contributed by atoms with E-state index >= 15 is 0 Å². The number of rotatable bonds is 3. The molecule has 1 unspecified atom stereocenters. The normalized spacial score (nSPS) is 12.3. The van der Waals surface area contributed by atoms with Crippen LogP contribution in [-0.2, 0) is 9.73 Å². The largest absolute Gasteiger partial charge is 0.497 e. The molecular formula is C25H24N2O3S. The first-order valence-corrected chi connectivity index (χ1v) is 11.6. The second-order valence-corrected chi connectivity index (χ2v) is 9.67. The maximum atomic E-state index is 13.1. The first-order valence-electron chi connectivity index (χ1n) is 9.64. The van der Waals surface area contributed by atoms with Crippen molar-refractivity contribution in [2.45, 2.75) is 25.7 Å². The molecule has 0 aliphatic carbocycles. The molecule has 31 heavy (non-hydrogen) atoms. The zero-order valence-corrected chi connectivity index (χ0v) is 19.0. The minimum atomic E-state index is -2.88. The molecule has 1 amide bonds. The molecule has 158 valence electrons. The van der Waals surface area contributed by atoms with Gasteiger partial charge in [0, 0.05) is 34.7 Å². The minimum absolute atomic E-state index is 0.247. The number of pyridine rings is 1. The molecule has 0 fully saturated rings. The van der Waals surface area contributed by atoms with Gasteiger partial charge in [-0.25, -0.2) is 4.21 Å². The summed E-state index contributed by atoms with van der Waals surface area (Å²) >= 11 is 0. The number of hydrogen-bond donors (Lipinski definition) is 0. The number of amides is 1. The summed E-state index contributed by atoms with van der Waals surface area (Å²) in [6, 6.07) is 12.8. The van der Waals surface area contributed by atoms with Crippen LogP contribution in [0.4, 0.5) is 0 Å². The van der Waals surface area contributed by atoms with Gasteiger partial charge < -0.3 is 4.74 Å². The summed E-state index contributed by atoms with van der Waals surface area (Å²) in [6.07, 6.45) is 4.46. The van der Waals surface area contributed by atoms with Crippen LogP contribution in [0.3, 0.4) is 0 Å². The molecule has 0 saturated carbocycles. The maximum absolute atomic E-state index is 13.1. The molecule has 0 radical (unpaired) electrons. The lowest BCUT2D eigenvalue weighted by molar-refractivity contribution is 0.100. The number of benzene rings is 2. The average molecular weight is 433 g/mol. The lowest BCUT2D eigenvalue weighted by Gasteiger charge is -2.07. The van der Waals surface area contributed by atoms with Crippen molar-refractivity contribution in [1.29, 1.82) is 0 Å². The van der Waals surface area contributed by atoms with Crippen LogP contribution in [0.2, 0.25) is 0 Å². The summed E-state index contributed by atoms with van der Waals surface area (Å²) in [4.78, 5) is 17.3. The Labute approximate surface area is 183 Å². The minimum Gasteiger partial charge on any atom is -0.497 e. The smallest absolute Gasteiger partial charge is 0.286 e. The van der Waals surface area contributed by atoms with Gasteiger partial charge in [-0.1, -0.05) is 17.9 Å². The Morgan fingerprint density at radius 1 is 1.00 bits per heavy atom. The van der Waals surface area contributed by atoms with Crippen molar-refractivity contribution in [3.05, 3.63) is 88.2 Å². The molecule has 3 aromatic rings. The Bertz CT molecular complexity index is 1320. The molecule has 1 aromatic heterocycles. The van der Waals surface area contributed by atoms with Gasteiger partial charge in [-0.2, -0.15) is 4.36 Å². The summed E-state index contributed by atoms with van der Waals surface area (Å²) in [7, 11) is -1.26. The molecule has 0 saturated heterocycles. The third kappa shape index (κ3) is 5.59. The second-order valence-electron chi connectivity index (χ2n) is 7.42. The SMILES string of the molecule is COc1ccc(C#Cc2cncc(C(=O)N=S(C)(=O)c3cc(C)cc(C)c3)c2)c(C)c1. The Kier molecular flexibility index (Phi) is 6.57.